The molecule has 0 bridgehead atoms. The molecular formula is C22H23N3O2S. The fourth-order valence-electron chi connectivity index (χ4n) is 3.26. The van der Waals surface area contributed by atoms with Gasteiger partial charge in [0.05, 0.1) is 16.2 Å². The van der Waals surface area contributed by atoms with Crippen molar-refractivity contribution in [1.82, 2.24) is 9.55 Å². The molecule has 0 aliphatic heterocycles. The average molecular weight is 394 g/mol. The van der Waals surface area contributed by atoms with Crippen molar-refractivity contribution in [3.63, 3.8) is 0 Å². The number of nitrogens with one attached hydrogen (secondary N) is 1. The molecule has 1 atom stereocenters. The monoisotopic (exact) mass is 393 g/mol. The second-order valence-corrected chi connectivity index (χ2v) is 8.69. The molecule has 1 aliphatic carbocycles. The zero-order chi connectivity index (χ0) is 19.8. The summed E-state index contributed by atoms with van der Waals surface area (Å²) in [6, 6.07) is 13.5. The first kappa shape index (κ1) is 18.7. The summed E-state index contributed by atoms with van der Waals surface area (Å²) in [5.74, 6) is -0.0956. The van der Waals surface area contributed by atoms with Crippen LogP contribution in [0.15, 0.2) is 52.4 Å². The average Bonchev–Trinajstić information content (AvgIpc) is 3.49. The minimum absolute atomic E-state index is 0.0161. The number of aryl methyl sites for hydroxylation is 2. The lowest BCUT2D eigenvalue weighted by molar-refractivity contribution is -0.115. The number of carbonyl (C=O) groups is 1. The van der Waals surface area contributed by atoms with Crippen molar-refractivity contribution in [2.75, 3.05) is 5.32 Å². The van der Waals surface area contributed by atoms with Gasteiger partial charge in [0, 0.05) is 11.7 Å². The van der Waals surface area contributed by atoms with Crippen molar-refractivity contribution in [1.29, 1.82) is 0 Å². The second kappa shape index (κ2) is 7.43. The third-order valence-corrected chi connectivity index (χ3v) is 6.05. The largest absolute Gasteiger partial charge is 0.325 e. The first-order valence-electron chi connectivity index (χ1n) is 9.50. The summed E-state index contributed by atoms with van der Waals surface area (Å²) in [6.45, 7) is 5.86. The number of nitrogens with zero attached hydrogens (tertiary/aromatic N) is 2. The SMILES string of the molecule is Cc1ccc(NC(=O)[C@H](C)Sc2nc3ccccc3c(=O)n2C2CC2)c(C)c1. The first-order valence-corrected chi connectivity index (χ1v) is 10.4. The predicted molar refractivity (Wildman–Crippen MR) is 114 cm³/mol. The second-order valence-electron chi connectivity index (χ2n) is 7.39. The molecule has 0 spiro atoms. The maximum Gasteiger partial charge on any atom is 0.262 e. The lowest BCUT2D eigenvalue weighted by Crippen LogP contribution is -2.26. The molecule has 1 amide bonds. The minimum atomic E-state index is -0.376. The van der Waals surface area contributed by atoms with Gasteiger partial charge in [0.25, 0.3) is 5.56 Å². The van der Waals surface area contributed by atoms with Crippen LogP contribution >= 0.6 is 11.8 Å². The lowest BCUT2D eigenvalue weighted by atomic mass is 10.1. The molecule has 2 aromatic carbocycles. The highest BCUT2D eigenvalue weighted by molar-refractivity contribution is 8.00. The highest BCUT2D eigenvalue weighted by atomic mass is 32.2. The van der Waals surface area contributed by atoms with Gasteiger partial charge in [-0.05, 0) is 57.4 Å². The predicted octanol–water partition coefficient (Wildman–Crippen LogP) is 4.47. The van der Waals surface area contributed by atoms with E-state index in [4.69, 9.17) is 4.98 Å². The molecule has 28 heavy (non-hydrogen) atoms. The van der Waals surface area contributed by atoms with Crippen LogP contribution in [0, 0.1) is 13.8 Å². The van der Waals surface area contributed by atoms with Crippen LogP contribution < -0.4 is 10.9 Å². The Hall–Kier alpha value is -2.60. The van der Waals surface area contributed by atoms with E-state index in [0.717, 1.165) is 29.7 Å². The van der Waals surface area contributed by atoms with Gasteiger partial charge in [0.15, 0.2) is 5.16 Å². The van der Waals surface area contributed by atoms with Gasteiger partial charge in [-0.15, -0.1) is 0 Å². The van der Waals surface area contributed by atoms with Gasteiger partial charge < -0.3 is 5.32 Å². The van der Waals surface area contributed by atoms with Crippen molar-refractivity contribution in [2.45, 2.75) is 50.1 Å². The molecule has 0 radical (unpaired) electrons. The number of aromatic nitrogens is 2. The molecular weight excluding hydrogens is 370 g/mol. The normalized spacial score (nSPS) is 14.8. The summed E-state index contributed by atoms with van der Waals surface area (Å²) in [6.07, 6.45) is 1.97. The number of amides is 1. The maximum absolute atomic E-state index is 13.0. The van der Waals surface area contributed by atoms with Crippen LogP contribution in [0.25, 0.3) is 10.9 Å². The molecule has 0 saturated heterocycles. The van der Waals surface area contributed by atoms with Crippen molar-refractivity contribution >= 4 is 34.3 Å². The Labute approximate surface area is 168 Å². The number of thioether (sulfide) groups is 1. The van der Waals surface area contributed by atoms with E-state index in [0.29, 0.717) is 16.1 Å². The molecule has 1 heterocycles. The fourth-order valence-corrected chi connectivity index (χ4v) is 4.24. The molecule has 1 aliphatic rings. The third-order valence-electron chi connectivity index (χ3n) is 4.98. The van der Waals surface area contributed by atoms with Gasteiger partial charge in [-0.3, -0.25) is 14.2 Å². The minimum Gasteiger partial charge on any atom is -0.325 e. The van der Waals surface area contributed by atoms with Gasteiger partial charge in [0.1, 0.15) is 0 Å². The van der Waals surface area contributed by atoms with Crippen LogP contribution in [-0.2, 0) is 4.79 Å². The Bertz CT molecular complexity index is 1120. The van der Waals surface area contributed by atoms with E-state index < -0.39 is 0 Å². The number of benzene rings is 2. The summed E-state index contributed by atoms with van der Waals surface area (Å²) in [4.78, 5) is 30.4. The van der Waals surface area contributed by atoms with Crippen LogP contribution in [-0.4, -0.2) is 20.7 Å². The van der Waals surface area contributed by atoms with E-state index in [1.54, 1.807) is 4.57 Å². The smallest absolute Gasteiger partial charge is 0.262 e. The van der Waals surface area contributed by atoms with Gasteiger partial charge in [0.2, 0.25) is 5.91 Å². The van der Waals surface area contributed by atoms with Gasteiger partial charge in [-0.1, -0.05) is 41.6 Å². The van der Waals surface area contributed by atoms with E-state index in [-0.39, 0.29) is 22.8 Å². The van der Waals surface area contributed by atoms with Crippen molar-refractivity contribution in [2.24, 2.45) is 0 Å². The summed E-state index contributed by atoms with van der Waals surface area (Å²) in [5, 5.41) is 3.87. The Morgan fingerprint density at radius 2 is 1.96 bits per heavy atom. The molecule has 1 N–H and O–H groups in total. The number of hydrogen-bond donors (Lipinski definition) is 1. The van der Waals surface area contributed by atoms with E-state index in [1.165, 1.54) is 11.8 Å². The standard InChI is InChI=1S/C22H23N3O2S/c1-13-8-11-18(14(2)12-13)23-20(26)15(3)28-22-24-19-7-5-4-6-17(19)21(27)25(22)16-9-10-16/h4-8,11-12,15-16H,9-10H2,1-3H3,(H,23,26)/t15-/m0/s1. The van der Waals surface area contributed by atoms with Gasteiger partial charge >= 0.3 is 0 Å². The summed E-state index contributed by atoms with van der Waals surface area (Å²) >= 11 is 1.34. The summed E-state index contributed by atoms with van der Waals surface area (Å²) in [5.41, 5.74) is 3.66. The number of hydrogen-bond acceptors (Lipinski definition) is 4. The summed E-state index contributed by atoms with van der Waals surface area (Å²) in [7, 11) is 0. The van der Waals surface area contributed by atoms with E-state index in [9.17, 15) is 9.59 Å². The van der Waals surface area contributed by atoms with Gasteiger partial charge in [-0.2, -0.15) is 0 Å². The van der Waals surface area contributed by atoms with Crippen LogP contribution in [0.4, 0.5) is 5.69 Å². The molecule has 1 aromatic heterocycles. The summed E-state index contributed by atoms with van der Waals surface area (Å²) < 4.78 is 1.77. The molecule has 6 heteroatoms. The molecule has 0 unspecified atom stereocenters. The molecule has 1 fully saturated rings. The number of carbonyl (C=O) groups excluding carboxylic acids is 1. The maximum atomic E-state index is 13.0. The highest BCUT2D eigenvalue weighted by Gasteiger charge is 2.30. The molecule has 4 rings (SSSR count). The van der Waals surface area contributed by atoms with Crippen LogP contribution in [0.5, 0.6) is 0 Å². The van der Waals surface area contributed by atoms with Crippen molar-refractivity contribution in [3.05, 3.63) is 63.9 Å². The van der Waals surface area contributed by atoms with Crippen LogP contribution in [0.3, 0.4) is 0 Å². The first-order chi connectivity index (χ1) is 13.4. The topological polar surface area (TPSA) is 64.0 Å². The molecule has 3 aromatic rings. The number of rotatable bonds is 5. The lowest BCUT2D eigenvalue weighted by Gasteiger charge is -2.17. The van der Waals surface area contributed by atoms with Crippen molar-refractivity contribution < 1.29 is 4.79 Å². The zero-order valence-electron chi connectivity index (χ0n) is 16.2. The highest BCUT2D eigenvalue weighted by Crippen LogP contribution is 2.37. The Balaban J connectivity index is 1.61. The number of anilines is 1. The fraction of sp³-hybridized carbons (Fsp3) is 0.318. The molecule has 144 valence electrons. The Kier molecular flexibility index (Phi) is 4.98. The Morgan fingerprint density at radius 1 is 1.21 bits per heavy atom. The Morgan fingerprint density at radius 3 is 2.68 bits per heavy atom. The van der Waals surface area contributed by atoms with Crippen molar-refractivity contribution in [3.8, 4) is 0 Å². The number of para-hydroxylation sites is 1. The molecule has 5 nitrogen and oxygen atoms in total. The number of fused-ring (bicyclic) bond motifs is 1. The van der Waals surface area contributed by atoms with Crippen LogP contribution in [0.1, 0.15) is 36.9 Å². The van der Waals surface area contributed by atoms with E-state index in [1.807, 2.05) is 63.2 Å². The van der Waals surface area contributed by atoms with Gasteiger partial charge in [-0.25, -0.2) is 4.98 Å². The molecule has 1 saturated carbocycles. The van der Waals surface area contributed by atoms with E-state index in [2.05, 4.69) is 5.32 Å². The third kappa shape index (κ3) is 3.69. The quantitative estimate of drug-likeness (QED) is 0.513. The van der Waals surface area contributed by atoms with Crippen LogP contribution in [0.2, 0.25) is 0 Å². The zero-order valence-corrected chi connectivity index (χ0v) is 17.0. The van der Waals surface area contributed by atoms with E-state index >= 15 is 0 Å².